The molecule has 0 radical (unpaired) electrons. The molecule has 192 valence electrons. The molecule has 2 fully saturated rings. The lowest BCUT2D eigenvalue weighted by atomic mass is 9.96. The molecule has 3 amide bonds. The molecule has 0 saturated carbocycles. The monoisotopic (exact) mass is 495 g/mol. The van der Waals surface area contributed by atoms with Crippen LogP contribution in [-0.4, -0.2) is 79.2 Å². The van der Waals surface area contributed by atoms with E-state index in [2.05, 4.69) is 5.32 Å². The molecule has 9 nitrogen and oxygen atoms in total. The van der Waals surface area contributed by atoms with Gasteiger partial charge < -0.3 is 24.4 Å². The molecule has 2 aliphatic rings. The molecule has 2 aromatic carbocycles. The Labute approximate surface area is 211 Å². The summed E-state index contributed by atoms with van der Waals surface area (Å²) in [5.74, 6) is 0.697. The van der Waals surface area contributed by atoms with Gasteiger partial charge in [-0.1, -0.05) is 0 Å². The molecule has 0 aromatic heterocycles. The summed E-state index contributed by atoms with van der Waals surface area (Å²) in [4.78, 5) is 43.2. The number of nitrogens with zero attached hydrogens (tertiary/aromatic N) is 2. The van der Waals surface area contributed by atoms with Crippen molar-refractivity contribution in [3.8, 4) is 11.5 Å². The average Bonchev–Trinajstić information content (AvgIpc) is 3.26. The molecule has 0 aliphatic carbocycles. The van der Waals surface area contributed by atoms with Crippen molar-refractivity contribution in [2.75, 3.05) is 33.9 Å². The van der Waals surface area contributed by atoms with Crippen LogP contribution in [0.25, 0.3) is 0 Å². The lowest BCUT2D eigenvalue weighted by Gasteiger charge is -2.44. The van der Waals surface area contributed by atoms with Crippen LogP contribution in [0.5, 0.6) is 11.5 Å². The fourth-order valence-corrected chi connectivity index (χ4v) is 4.80. The van der Waals surface area contributed by atoms with Crippen LogP contribution < -0.4 is 14.8 Å². The van der Waals surface area contributed by atoms with E-state index in [4.69, 9.17) is 14.2 Å². The van der Waals surface area contributed by atoms with Gasteiger partial charge in [-0.15, -0.1) is 0 Å². The first-order valence-electron chi connectivity index (χ1n) is 12.1. The third kappa shape index (κ3) is 5.02. The van der Waals surface area contributed by atoms with Gasteiger partial charge in [-0.2, -0.15) is 0 Å². The van der Waals surface area contributed by atoms with Crippen molar-refractivity contribution >= 4 is 17.7 Å². The number of benzene rings is 2. The van der Waals surface area contributed by atoms with Gasteiger partial charge in [0, 0.05) is 43.1 Å². The zero-order chi connectivity index (χ0) is 25.9. The lowest BCUT2D eigenvalue weighted by Crippen LogP contribution is -2.60. The van der Waals surface area contributed by atoms with Crippen LogP contribution in [0.1, 0.15) is 47.4 Å². The minimum Gasteiger partial charge on any atom is -0.497 e. The third-order valence-electron chi connectivity index (χ3n) is 6.72. The SMILES string of the molecule is COc1ccc(C(=O)N2CCC3(CC2)OCC(C(=O)NC(C)C)N3C(=O)c2ccc(OC)cc2)cc1. The zero-order valence-corrected chi connectivity index (χ0v) is 21.2. The Kier molecular flexibility index (Phi) is 7.49. The first-order valence-corrected chi connectivity index (χ1v) is 12.1. The molecule has 1 N–H and O–H groups in total. The minimum absolute atomic E-state index is 0.0732. The summed E-state index contributed by atoms with van der Waals surface area (Å²) in [6.07, 6.45) is 0.810. The second-order valence-corrected chi connectivity index (χ2v) is 9.36. The normalized spacial score (nSPS) is 18.9. The molecule has 1 atom stereocenters. The molecule has 1 spiro atoms. The van der Waals surface area contributed by atoms with Gasteiger partial charge in [0.1, 0.15) is 23.3 Å². The number of carbonyl (C=O) groups excluding carboxylic acids is 3. The van der Waals surface area contributed by atoms with Gasteiger partial charge in [-0.3, -0.25) is 19.3 Å². The highest BCUT2D eigenvalue weighted by atomic mass is 16.5. The molecule has 36 heavy (non-hydrogen) atoms. The fourth-order valence-electron chi connectivity index (χ4n) is 4.80. The molecule has 2 aromatic rings. The average molecular weight is 496 g/mol. The Morgan fingerprint density at radius 2 is 1.39 bits per heavy atom. The Bertz CT molecular complexity index is 1090. The number of rotatable bonds is 6. The maximum Gasteiger partial charge on any atom is 0.256 e. The van der Waals surface area contributed by atoms with E-state index in [-0.39, 0.29) is 30.4 Å². The summed E-state index contributed by atoms with van der Waals surface area (Å²) >= 11 is 0. The number of piperidine rings is 1. The van der Waals surface area contributed by atoms with E-state index in [1.54, 1.807) is 72.6 Å². The maximum atomic E-state index is 13.8. The fraction of sp³-hybridized carbons (Fsp3) is 0.444. The second kappa shape index (κ2) is 10.6. The van der Waals surface area contributed by atoms with E-state index >= 15 is 0 Å². The lowest BCUT2D eigenvalue weighted by molar-refractivity contribution is -0.128. The van der Waals surface area contributed by atoms with Gasteiger partial charge in [0.2, 0.25) is 5.91 Å². The molecule has 2 heterocycles. The molecular formula is C27H33N3O6. The van der Waals surface area contributed by atoms with Crippen molar-refractivity contribution in [1.29, 1.82) is 0 Å². The molecule has 9 heteroatoms. The highest BCUT2D eigenvalue weighted by Crippen LogP contribution is 2.39. The van der Waals surface area contributed by atoms with Gasteiger partial charge in [-0.25, -0.2) is 0 Å². The predicted molar refractivity (Wildman–Crippen MR) is 133 cm³/mol. The number of amides is 3. The van der Waals surface area contributed by atoms with Crippen LogP contribution in [0.4, 0.5) is 0 Å². The van der Waals surface area contributed by atoms with E-state index in [1.165, 1.54) is 0 Å². The Morgan fingerprint density at radius 3 is 1.86 bits per heavy atom. The van der Waals surface area contributed by atoms with Gasteiger partial charge in [0.05, 0.1) is 20.8 Å². The smallest absolute Gasteiger partial charge is 0.256 e. The van der Waals surface area contributed by atoms with Crippen molar-refractivity contribution in [1.82, 2.24) is 15.1 Å². The van der Waals surface area contributed by atoms with Crippen molar-refractivity contribution in [3.05, 3.63) is 59.7 Å². The van der Waals surface area contributed by atoms with Crippen LogP contribution in [-0.2, 0) is 9.53 Å². The van der Waals surface area contributed by atoms with Crippen molar-refractivity contribution in [3.63, 3.8) is 0 Å². The minimum atomic E-state index is -0.966. The van der Waals surface area contributed by atoms with Gasteiger partial charge in [0.25, 0.3) is 11.8 Å². The van der Waals surface area contributed by atoms with E-state index in [1.807, 2.05) is 13.8 Å². The number of hydrogen-bond donors (Lipinski definition) is 1. The summed E-state index contributed by atoms with van der Waals surface area (Å²) in [7, 11) is 3.14. The van der Waals surface area contributed by atoms with E-state index in [0.717, 1.165) is 0 Å². The predicted octanol–water partition coefficient (Wildman–Crippen LogP) is 2.70. The van der Waals surface area contributed by atoms with Gasteiger partial charge in [-0.05, 0) is 62.4 Å². The van der Waals surface area contributed by atoms with Crippen LogP contribution in [0.15, 0.2) is 48.5 Å². The van der Waals surface area contributed by atoms with Crippen LogP contribution >= 0.6 is 0 Å². The summed E-state index contributed by atoms with van der Waals surface area (Å²) in [6, 6.07) is 13.0. The first kappa shape index (κ1) is 25.5. The van der Waals surface area contributed by atoms with Crippen molar-refractivity contribution in [2.45, 2.75) is 44.5 Å². The van der Waals surface area contributed by atoms with E-state index in [9.17, 15) is 14.4 Å². The standard InChI is InChI=1S/C27H33N3O6/c1-18(2)28-24(31)23-17-36-27(30(23)26(33)20-7-11-22(35-4)12-8-20)13-15-29(16-14-27)25(32)19-5-9-21(34-3)10-6-19/h5-12,18,23H,13-17H2,1-4H3,(H,28,31). The van der Waals surface area contributed by atoms with Crippen molar-refractivity contribution < 1.29 is 28.6 Å². The second-order valence-electron chi connectivity index (χ2n) is 9.36. The zero-order valence-electron chi connectivity index (χ0n) is 21.2. The maximum absolute atomic E-state index is 13.8. The Balaban J connectivity index is 1.55. The van der Waals surface area contributed by atoms with Crippen LogP contribution in [0.3, 0.4) is 0 Å². The quantitative estimate of drug-likeness (QED) is 0.662. The number of carbonyl (C=O) groups is 3. The Morgan fingerprint density at radius 1 is 0.889 bits per heavy atom. The summed E-state index contributed by atoms with van der Waals surface area (Å²) in [5, 5.41) is 2.91. The van der Waals surface area contributed by atoms with Gasteiger partial charge >= 0.3 is 0 Å². The first-order chi connectivity index (χ1) is 17.3. The molecular weight excluding hydrogens is 462 g/mol. The topological polar surface area (TPSA) is 97.4 Å². The Hall–Kier alpha value is -3.59. The van der Waals surface area contributed by atoms with Crippen LogP contribution in [0.2, 0.25) is 0 Å². The summed E-state index contributed by atoms with van der Waals surface area (Å²) in [5.41, 5.74) is 0.0476. The van der Waals surface area contributed by atoms with E-state index < -0.39 is 11.8 Å². The number of likely N-dealkylation sites (tertiary alicyclic amines) is 1. The number of hydrogen-bond acceptors (Lipinski definition) is 6. The molecule has 4 rings (SSSR count). The van der Waals surface area contributed by atoms with Crippen molar-refractivity contribution in [2.24, 2.45) is 0 Å². The molecule has 1 unspecified atom stereocenters. The van der Waals surface area contributed by atoms with Gasteiger partial charge in [0.15, 0.2) is 0 Å². The molecule has 2 aliphatic heterocycles. The molecule has 0 bridgehead atoms. The summed E-state index contributed by atoms with van der Waals surface area (Å²) in [6.45, 7) is 4.66. The number of nitrogens with one attached hydrogen (secondary N) is 1. The van der Waals surface area contributed by atoms with Crippen LogP contribution in [0, 0.1) is 0 Å². The van der Waals surface area contributed by atoms with E-state index in [0.29, 0.717) is 48.6 Å². The number of ether oxygens (including phenoxy) is 3. The third-order valence-corrected chi connectivity index (χ3v) is 6.72. The number of methoxy groups -OCH3 is 2. The summed E-state index contributed by atoms with van der Waals surface area (Å²) < 4.78 is 16.6. The highest BCUT2D eigenvalue weighted by molar-refractivity contribution is 5.99. The molecule has 2 saturated heterocycles. The highest BCUT2D eigenvalue weighted by Gasteiger charge is 2.54. The largest absolute Gasteiger partial charge is 0.497 e.